The van der Waals surface area contributed by atoms with Crippen molar-refractivity contribution in [2.75, 3.05) is 18.6 Å². The second kappa shape index (κ2) is 8.51. The molecule has 1 aromatic heterocycles. The molecule has 160 valence electrons. The first-order valence-corrected chi connectivity index (χ1v) is 10.1. The Labute approximate surface area is 179 Å². The largest absolute Gasteiger partial charge is 0.497 e. The van der Waals surface area contributed by atoms with Crippen molar-refractivity contribution in [1.29, 1.82) is 0 Å². The van der Waals surface area contributed by atoms with Crippen molar-refractivity contribution >= 4 is 34.4 Å². The standard InChI is InChI=1S/C23H24N4O4/c1-26-14-15(18-5-3-4-6-20(18)26)11-12-24-21(28)13-19-22(29)27(23(30)25-19)16-7-9-17(31-2)10-8-16/h3-10,14,19H,11-13H2,1-2H3,(H,24,28)(H,25,30)/t19-/m0/s1. The number of rotatable bonds is 7. The summed E-state index contributed by atoms with van der Waals surface area (Å²) >= 11 is 0. The van der Waals surface area contributed by atoms with Gasteiger partial charge in [-0.15, -0.1) is 0 Å². The Bertz CT molecular complexity index is 1140. The summed E-state index contributed by atoms with van der Waals surface area (Å²) in [4.78, 5) is 38.4. The number of hydrogen-bond acceptors (Lipinski definition) is 4. The maximum Gasteiger partial charge on any atom is 0.329 e. The zero-order chi connectivity index (χ0) is 22.0. The van der Waals surface area contributed by atoms with Gasteiger partial charge in [-0.05, 0) is 42.3 Å². The number of methoxy groups -OCH3 is 1. The molecule has 0 spiro atoms. The minimum atomic E-state index is -0.882. The normalized spacial score (nSPS) is 15.9. The Hall–Kier alpha value is -3.81. The maximum absolute atomic E-state index is 12.7. The molecular formula is C23H24N4O4. The van der Waals surface area contributed by atoms with Crippen molar-refractivity contribution in [3.05, 3.63) is 60.3 Å². The van der Waals surface area contributed by atoms with Crippen LogP contribution in [-0.4, -0.2) is 42.1 Å². The van der Waals surface area contributed by atoms with Crippen LogP contribution in [-0.2, 0) is 23.1 Å². The van der Waals surface area contributed by atoms with Gasteiger partial charge in [-0.2, -0.15) is 0 Å². The van der Waals surface area contributed by atoms with Crippen molar-refractivity contribution in [2.24, 2.45) is 7.05 Å². The predicted molar refractivity (Wildman–Crippen MR) is 117 cm³/mol. The van der Waals surface area contributed by atoms with Crippen LogP contribution in [0.5, 0.6) is 5.75 Å². The van der Waals surface area contributed by atoms with Gasteiger partial charge in [-0.3, -0.25) is 9.59 Å². The number of hydrogen-bond donors (Lipinski definition) is 2. The second-order valence-electron chi connectivity index (χ2n) is 7.46. The third-order valence-electron chi connectivity index (χ3n) is 5.44. The zero-order valence-corrected chi connectivity index (χ0v) is 17.4. The van der Waals surface area contributed by atoms with Crippen molar-refractivity contribution in [1.82, 2.24) is 15.2 Å². The van der Waals surface area contributed by atoms with E-state index in [1.54, 1.807) is 24.3 Å². The van der Waals surface area contributed by atoms with Gasteiger partial charge in [0.25, 0.3) is 5.91 Å². The van der Waals surface area contributed by atoms with Gasteiger partial charge in [0.05, 0.1) is 19.2 Å². The fraction of sp³-hybridized carbons (Fsp3) is 0.261. The summed E-state index contributed by atoms with van der Waals surface area (Å²) in [5.74, 6) is -0.104. The molecule has 3 aromatic rings. The molecule has 0 unspecified atom stereocenters. The van der Waals surface area contributed by atoms with Gasteiger partial charge in [-0.1, -0.05) is 18.2 Å². The van der Waals surface area contributed by atoms with Gasteiger partial charge < -0.3 is 19.9 Å². The monoisotopic (exact) mass is 420 g/mol. The molecule has 4 amide bonds. The lowest BCUT2D eigenvalue weighted by molar-refractivity contribution is -0.125. The molecule has 0 bridgehead atoms. The number of nitrogens with zero attached hydrogens (tertiary/aromatic N) is 2. The fourth-order valence-corrected chi connectivity index (χ4v) is 3.86. The van der Waals surface area contributed by atoms with Gasteiger partial charge in [0.1, 0.15) is 11.8 Å². The third-order valence-corrected chi connectivity index (χ3v) is 5.44. The van der Waals surface area contributed by atoms with Crippen LogP contribution in [0.2, 0.25) is 0 Å². The molecule has 31 heavy (non-hydrogen) atoms. The topological polar surface area (TPSA) is 92.7 Å². The number of aromatic nitrogens is 1. The van der Waals surface area contributed by atoms with E-state index in [1.807, 2.05) is 19.2 Å². The quantitative estimate of drug-likeness (QED) is 0.574. The highest BCUT2D eigenvalue weighted by Crippen LogP contribution is 2.23. The first-order chi connectivity index (χ1) is 15.0. The molecule has 1 aliphatic heterocycles. The van der Waals surface area contributed by atoms with E-state index < -0.39 is 18.0 Å². The Kier molecular flexibility index (Phi) is 5.62. The molecule has 1 atom stereocenters. The van der Waals surface area contributed by atoms with Gasteiger partial charge in [-0.25, -0.2) is 9.69 Å². The van der Waals surface area contributed by atoms with Crippen LogP contribution in [0.15, 0.2) is 54.7 Å². The summed E-state index contributed by atoms with van der Waals surface area (Å²) in [6, 6.07) is 13.3. The number of carbonyl (C=O) groups excluding carboxylic acids is 3. The first-order valence-electron chi connectivity index (χ1n) is 10.1. The van der Waals surface area contributed by atoms with Crippen LogP contribution >= 0.6 is 0 Å². The number of fused-ring (bicyclic) bond motifs is 1. The summed E-state index contributed by atoms with van der Waals surface area (Å²) in [6.45, 7) is 0.448. The van der Waals surface area contributed by atoms with Crippen molar-refractivity contribution in [2.45, 2.75) is 18.9 Å². The van der Waals surface area contributed by atoms with E-state index in [9.17, 15) is 14.4 Å². The molecule has 4 rings (SSSR count). The smallest absolute Gasteiger partial charge is 0.329 e. The molecule has 8 nitrogen and oxygen atoms in total. The number of benzene rings is 2. The van der Waals surface area contributed by atoms with E-state index in [-0.39, 0.29) is 12.3 Å². The Morgan fingerprint density at radius 2 is 1.87 bits per heavy atom. The van der Waals surface area contributed by atoms with Crippen LogP contribution in [0.25, 0.3) is 10.9 Å². The van der Waals surface area contributed by atoms with Crippen LogP contribution < -0.4 is 20.3 Å². The van der Waals surface area contributed by atoms with Crippen molar-refractivity contribution in [3.8, 4) is 5.75 Å². The highest BCUT2D eigenvalue weighted by atomic mass is 16.5. The molecule has 0 saturated carbocycles. The molecular weight excluding hydrogens is 396 g/mol. The summed E-state index contributed by atoms with van der Waals surface area (Å²) in [5.41, 5.74) is 2.72. The number of aryl methyl sites for hydroxylation is 1. The molecule has 0 aliphatic carbocycles. The third kappa shape index (κ3) is 4.09. The zero-order valence-electron chi connectivity index (χ0n) is 17.4. The number of imide groups is 1. The maximum atomic E-state index is 12.7. The highest BCUT2D eigenvalue weighted by Gasteiger charge is 2.40. The van der Waals surface area contributed by atoms with Crippen LogP contribution in [0.1, 0.15) is 12.0 Å². The summed E-state index contributed by atoms with van der Waals surface area (Å²) in [5, 5.41) is 6.60. The molecule has 0 radical (unpaired) electrons. The van der Waals surface area contributed by atoms with E-state index in [4.69, 9.17) is 4.74 Å². The number of urea groups is 1. The number of nitrogens with one attached hydrogen (secondary N) is 2. The molecule has 2 heterocycles. The predicted octanol–water partition coefficient (Wildman–Crippen LogP) is 2.36. The number of carbonyl (C=O) groups is 3. The van der Waals surface area contributed by atoms with E-state index in [1.165, 1.54) is 7.11 Å². The Balaban J connectivity index is 1.33. The van der Waals surface area contributed by atoms with Gasteiger partial charge >= 0.3 is 6.03 Å². The molecule has 2 aromatic carbocycles. The van der Waals surface area contributed by atoms with E-state index >= 15 is 0 Å². The van der Waals surface area contributed by atoms with Gasteiger partial charge in [0.15, 0.2) is 0 Å². The number of ether oxygens (including phenoxy) is 1. The molecule has 1 fully saturated rings. The minimum absolute atomic E-state index is 0.104. The molecule has 1 saturated heterocycles. The molecule has 8 heteroatoms. The summed E-state index contributed by atoms with van der Waals surface area (Å²) < 4.78 is 7.16. The lowest BCUT2D eigenvalue weighted by Crippen LogP contribution is -2.37. The average Bonchev–Trinajstić information content (AvgIpc) is 3.24. The van der Waals surface area contributed by atoms with Crippen LogP contribution in [0, 0.1) is 0 Å². The highest BCUT2D eigenvalue weighted by molar-refractivity contribution is 6.22. The fourth-order valence-electron chi connectivity index (χ4n) is 3.86. The van der Waals surface area contributed by atoms with E-state index in [0.717, 1.165) is 21.4 Å². The lowest BCUT2D eigenvalue weighted by atomic mass is 10.1. The SMILES string of the molecule is COc1ccc(N2C(=O)N[C@@H](CC(=O)NCCc3cn(C)c4ccccc34)C2=O)cc1. The molecule has 1 aliphatic rings. The Morgan fingerprint density at radius 1 is 1.13 bits per heavy atom. The van der Waals surface area contributed by atoms with Crippen LogP contribution in [0.4, 0.5) is 10.5 Å². The van der Waals surface area contributed by atoms with Gasteiger partial charge in [0, 0.05) is 30.7 Å². The number of para-hydroxylation sites is 1. The lowest BCUT2D eigenvalue weighted by Gasteiger charge is -2.13. The molecule has 2 N–H and O–H groups in total. The second-order valence-corrected chi connectivity index (χ2v) is 7.46. The Morgan fingerprint density at radius 3 is 2.61 bits per heavy atom. The summed E-state index contributed by atoms with van der Waals surface area (Å²) in [6.07, 6.45) is 2.63. The summed E-state index contributed by atoms with van der Waals surface area (Å²) in [7, 11) is 3.53. The van der Waals surface area contributed by atoms with Crippen molar-refractivity contribution in [3.63, 3.8) is 0 Å². The average molecular weight is 420 g/mol. The number of anilines is 1. The first kappa shape index (κ1) is 20.5. The van der Waals surface area contributed by atoms with E-state index in [2.05, 4.69) is 33.5 Å². The van der Waals surface area contributed by atoms with Crippen molar-refractivity contribution < 1.29 is 19.1 Å². The van der Waals surface area contributed by atoms with Crippen LogP contribution in [0.3, 0.4) is 0 Å². The van der Waals surface area contributed by atoms with Gasteiger partial charge in [0.2, 0.25) is 5.91 Å². The minimum Gasteiger partial charge on any atom is -0.497 e. The van der Waals surface area contributed by atoms with E-state index in [0.29, 0.717) is 24.4 Å². The number of amides is 4.